The lowest BCUT2D eigenvalue weighted by Crippen LogP contribution is -2.45. The lowest BCUT2D eigenvalue weighted by Gasteiger charge is -2.25. The normalized spacial score (nSPS) is 19.2. The van der Waals surface area contributed by atoms with Crippen molar-refractivity contribution in [3.63, 3.8) is 0 Å². The molecule has 0 heterocycles. The van der Waals surface area contributed by atoms with Gasteiger partial charge in [-0.15, -0.1) is 0 Å². The second-order valence-electron chi connectivity index (χ2n) is 2.58. The summed E-state index contributed by atoms with van der Waals surface area (Å²) in [4.78, 5) is 10.3. The highest BCUT2D eigenvalue weighted by atomic mass is 16.5. The van der Waals surface area contributed by atoms with E-state index in [-0.39, 0.29) is 0 Å². The van der Waals surface area contributed by atoms with Gasteiger partial charge in [-0.05, 0) is 6.90 Å². The van der Waals surface area contributed by atoms with E-state index in [4.69, 9.17) is 6.48 Å². The van der Waals surface area contributed by atoms with E-state index in [1.54, 1.807) is 0 Å². The number of esters is 1. The molecule has 0 unspecified atom stereocenters. The Bertz CT molecular complexity index is 168. The standard InChI is InChI=1S/C7H14O5/c1-5(9)12-3-6(10)7(2,11)4-8/h6,8,10-11H,3-4H2,1-2H3/t6-,7+/m1/s1/i2D. The molecule has 0 saturated heterocycles. The third-order valence-electron chi connectivity index (χ3n) is 1.34. The summed E-state index contributed by atoms with van der Waals surface area (Å²) < 4.78 is 11.3. The summed E-state index contributed by atoms with van der Waals surface area (Å²) in [6.45, 7) is -0.582. The first kappa shape index (κ1) is 9.44. The van der Waals surface area contributed by atoms with E-state index in [0.29, 0.717) is 0 Å². The molecule has 0 aliphatic heterocycles. The summed E-state index contributed by atoms with van der Waals surface area (Å²) in [5.41, 5.74) is -1.92. The van der Waals surface area contributed by atoms with E-state index in [2.05, 4.69) is 4.74 Å². The molecular weight excluding hydrogens is 164 g/mol. The first-order valence-corrected chi connectivity index (χ1v) is 3.40. The van der Waals surface area contributed by atoms with Crippen LogP contribution in [0.4, 0.5) is 0 Å². The first-order chi connectivity index (χ1) is 5.96. The Morgan fingerprint density at radius 2 is 2.42 bits per heavy atom. The third kappa shape index (κ3) is 3.66. The summed E-state index contributed by atoms with van der Waals surface area (Å²) in [5.74, 6) is -0.593. The molecule has 0 amide bonds. The van der Waals surface area contributed by atoms with Gasteiger partial charge in [0.2, 0.25) is 0 Å². The quantitative estimate of drug-likeness (QED) is 0.465. The third-order valence-corrected chi connectivity index (χ3v) is 1.34. The van der Waals surface area contributed by atoms with Crippen molar-refractivity contribution in [3.8, 4) is 0 Å². The smallest absolute Gasteiger partial charge is 0.302 e. The Balaban J connectivity index is 4.06. The van der Waals surface area contributed by atoms with Crippen LogP contribution >= 0.6 is 0 Å². The fraction of sp³-hybridized carbons (Fsp3) is 0.857. The Morgan fingerprint density at radius 3 is 2.75 bits per heavy atom. The molecular formula is C7H14O5. The zero-order valence-electron chi connectivity index (χ0n) is 7.86. The van der Waals surface area contributed by atoms with Crippen LogP contribution in [0.2, 0.25) is 0 Å². The van der Waals surface area contributed by atoms with Gasteiger partial charge in [0, 0.05) is 8.29 Å². The Hall–Kier alpha value is -0.650. The second kappa shape index (κ2) is 4.39. The van der Waals surface area contributed by atoms with Crippen LogP contribution in [-0.4, -0.2) is 46.2 Å². The fourth-order valence-corrected chi connectivity index (χ4v) is 0.457. The van der Waals surface area contributed by atoms with E-state index < -0.39 is 37.8 Å². The lowest BCUT2D eigenvalue weighted by molar-refractivity contribution is -0.154. The van der Waals surface area contributed by atoms with Gasteiger partial charge in [0.05, 0.1) is 6.61 Å². The van der Waals surface area contributed by atoms with Gasteiger partial charge in [0.25, 0.3) is 0 Å². The maximum atomic E-state index is 10.3. The second-order valence-corrected chi connectivity index (χ2v) is 2.58. The van der Waals surface area contributed by atoms with Gasteiger partial charge < -0.3 is 20.1 Å². The molecule has 0 rings (SSSR count). The Morgan fingerprint density at radius 1 is 1.83 bits per heavy atom. The molecule has 0 aliphatic carbocycles. The average molecular weight is 179 g/mol. The van der Waals surface area contributed by atoms with E-state index >= 15 is 0 Å². The molecule has 5 heteroatoms. The fourth-order valence-electron chi connectivity index (χ4n) is 0.457. The molecule has 0 saturated carbocycles. The number of rotatable bonds is 4. The zero-order valence-corrected chi connectivity index (χ0v) is 6.86. The van der Waals surface area contributed by atoms with Crippen LogP contribution in [0.1, 0.15) is 15.2 Å². The van der Waals surface area contributed by atoms with Gasteiger partial charge in [0.15, 0.2) is 0 Å². The van der Waals surface area contributed by atoms with Crippen LogP contribution in [-0.2, 0) is 9.53 Å². The Kier molecular flexibility index (Phi) is 3.46. The number of carbonyl (C=O) groups excluding carboxylic acids is 1. The summed E-state index contributed by atoms with van der Waals surface area (Å²) in [7, 11) is 0. The molecule has 0 aromatic heterocycles. The van der Waals surface area contributed by atoms with Crippen molar-refractivity contribution < 1.29 is 26.2 Å². The topological polar surface area (TPSA) is 87.0 Å². The molecule has 0 aromatic rings. The number of aliphatic hydroxyl groups excluding tert-OH is 2. The minimum absolute atomic E-state index is 0.425. The van der Waals surface area contributed by atoms with Crippen molar-refractivity contribution in [3.05, 3.63) is 0 Å². The predicted octanol–water partition coefficient (Wildman–Crippen LogP) is -1.35. The number of ether oxygens (including phenoxy) is 1. The van der Waals surface area contributed by atoms with Crippen molar-refractivity contribution >= 4 is 5.97 Å². The predicted molar refractivity (Wildman–Crippen MR) is 40.3 cm³/mol. The largest absolute Gasteiger partial charge is 0.463 e. The highest BCUT2D eigenvalue weighted by molar-refractivity contribution is 5.65. The molecule has 3 N–H and O–H groups in total. The Labute approximate surface area is 72.0 Å². The molecule has 2 atom stereocenters. The van der Waals surface area contributed by atoms with Gasteiger partial charge in [-0.2, -0.15) is 0 Å². The van der Waals surface area contributed by atoms with Gasteiger partial charge in [-0.25, -0.2) is 0 Å². The van der Waals surface area contributed by atoms with E-state index in [1.165, 1.54) is 0 Å². The molecule has 12 heavy (non-hydrogen) atoms. The molecule has 0 aliphatic rings. The van der Waals surface area contributed by atoms with Crippen LogP contribution < -0.4 is 0 Å². The molecule has 0 fully saturated rings. The summed E-state index contributed by atoms with van der Waals surface area (Å²) >= 11 is 0. The van der Waals surface area contributed by atoms with Crippen molar-refractivity contribution in [2.75, 3.05) is 13.2 Å². The first-order valence-electron chi connectivity index (χ1n) is 4.11. The van der Waals surface area contributed by atoms with E-state index in [0.717, 1.165) is 6.92 Å². The molecule has 0 bridgehead atoms. The van der Waals surface area contributed by atoms with Crippen molar-refractivity contribution in [2.24, 2.45) is 0 Å². The zero-order chi connectivity index (χ0) is 10.5. The number of hydrogen-bond donors (Lipinski definition) is 3. The van der Waals surface area contributed by atoms with Crippen LogP contribution in [0, 0.1) is 0 Å². The molecule has 0 radical (unpaired) electrons. The number of carbonyl (C=O) groups is 1. The van der Waals surface area contributed by atoms with Crippen LogP contribution in [0.3, 0.4) is 0 Å². The summed E-state index contributed by atoms with van der Waals surface area (Å²) in [6.07, 6.45) is -1.45. The maximum Gasteiger partial charge on any atom is 0.302 e. The van der Waals surface area contributed by atoms with Crippen LogP contribution in [0.15, 0.2) is 0 Å². The average Bonchev–Trinajstić information content (AvgIpc) is 2.12. The minimum atomic E-state index is -1.92. The molecule has 5 nitrogen and oxygen atoms in total. The molecule has 0 spiro atoms. The summed E-state index contributed by atoms with van der Waals surface area (Å²) in [6, 6.07) is 0. The lowest BCUT2D eigenvalue weighted by atomic mass is 10.0. The monoisotopic (exact) mass is 179 g/mol. The maximum absolute atomic E-state index is 10.3. The van der Waals surface area contributed by atoms with Gasteiger partial charge in [-0.3, -0.25) is 4.79 Å². The van der Waals surface area contributed by atoms with Crippen molar-refractivity contribution in [1.82, 2.24) is 0 Å². The van der Waals surface area contributed by atoms with Crippen LogP contribution in [0.25, 0.3) is 0 Å². The number of aliphatic hydroxyl groups is 3. The highest BCUT2D eigenvalue weighted by Gasteiger charge is 2.30. The van der Waals surface area contributed by atoms with Crippen molar-refractivity contribution in [1.29, 1.82) is 0 Å². The van der Waals surface area contributed by atoms with Crippen LogP contribution in [0.5, 0.6) is 0 Å². The molecule has 0 aromatic carbocycles. The number of hydrogen-bond acceptors (Lipinski definition) is 5. The van der Waals surface area contributed by atoms with E-state index in [1.807, 2.05) is 0 Å². The minimum Gasteiger partial charge on any atom is -0.463 e. The molecule has 72 valence electrons. The van der Waals surface area contributed by atoms with Gasteiger partial charge >= 0.3 is 5.97 Å². The summed E-state index contributed by atoms with van der Waals surface area (Å²) in [5, 5.41) is 27.2. The van der Waals surface area contributed by atoms with E-state index in [9.17, 15) is 15.0 Å². The van der Waals surface area contributed by atoms with Crippen molar-refractivity contribution in [2.45, 2.75) is 25.5 Å². The highest BCUT2D eigenvalue weighted by Crippen LogP contribution is 2.08. The van der Waals surface area contributed by atoms with Gasteiger partial charge in [0.1, 0.15) is 18.3 Å². The SMILES string of the molecule is [2H]C[C@](O)(CO)[C@H](O)COC(C)=O. The van der Waals surface area contributed by atoms with Gasteiger partial charge in [-0.1, -0.05) is 0 Å².